The number of halogens is 1. The molecule has 4 N–H and O–H groups in total. The van der Waals surface area contributed by atoms with E-state index < -0.39 is 10.0 Å². The smallest absolute Gasteiger partial charge is 0.254 e. The molecule has 0 aliphatic heterocycles. The molecular weight excluding hydrogens is 386 g/mol. The van der Waals surface area contributed by atoms with Gasteiger partial charge in [0.1, 0.15) is 0 Å². The molecule has 0 heterocycles. The molecule has 0 fully saturated rings. The van der Waals surface area contributed by atoms with Gasteiger partial charge in [0.25, 0.3) is 5.91 Å². The zero-order valence-corrected chi connectivity index (χ0v) is 17.1. The van der Waals surface area contributed by atoms with E-state index in [1.165, 1.54) is 6.07 Å². The first-order chi connectivity index (χ1) is 12.2. The molecule has 0 unspecified atom stereocenters. The number of benzene rings is 2. The van der Waals surface area contributed by atoms with E-state index in [-0.39, 0.29) is 23.2 Å². The number of hydrogen-bond acceptors (Lipinski definition) is 4. The molecule has 2 aromatic rings. The highest BCUT2D eigenvalue weighted by Gasteiger charge is 2.21. The van der Waals surface area contributed by atoms with Gasteiger partial charge in [0.2, 0.25) is 10.0 Å². The molecule has 0 saturated carbocycles. The third kappa shape index (κ3) is 6.04. The fraction of sp³-hybridized carbons (Fsp3) is 0.316. The molecule has 0 aromatic heterocycles. The summed E-state index contributed by atoms with van der Waals surface area (Å²) in [5, 5.41) is 5.31. The summed E-state index contributed by atoms with van der Waals surface area (Å²) in [4.78, 5) is 14.7. The Balaban J connectivity index is 0.00000364. The lowest BCUT2D eigenvalue weighted by Gasteiger charge is -2.23. The molecule has 0 bridgehead atoms. The van der Waals surface area contributed by atoms with Crippen LogP contribution in [0.1, 0.15) is 33.5 Å². The Morgan fingerprint density at radius 3 is 2.30 bits per heavy atom. The van der Waals surface area contributed by atoms with Gasteiger partial charge in [-0.3, -0.25) is 4.79 Å². The van der Waals surface area contributed by atoms with Crippen LogP contribution < -0.4 is 10.9 Å². The number of carbonyl (C=O) groups is 1. The number of nitrogens with two attached hydrogens (primary N) is 2. The maximum Gasteiger partial charge on any atom is 0.254 e. The quantitative estimate of drug-likeness (QED) is 0.729. The Morgan fingerprint density at radius 1 is 1.11 bits per heavy atom. The van der Waals surface area contributed by atoms with Crippen molar-refractivity contribution in [2.75, 3.05) is 13.1 Å². The molecule has 0 spiro atoms. The van der Waals surface area contributed by atoms with Crippen molar-refractivity contribution < 1.29 is 13.2 Å². The van der Waals surface area contributed by atoms with Gasteiger partial charge in [-0.1, -0.05) is 30.3 Å². The van der Waals surface area contributed by atoms with E-state index in [1.807, 2.05) is 30.3 Å². The van der Waals surface area contributed by atoms with E-state index in [1.54, 1.807) is 24.8 Å². The molecular formula is C19H26ClN3O3S. The minimum Gasteiger partial charge on any atom is -0.334 e. The van der Waals surface area contributed by atoms with E-state index >= 15 is 0 Å². The number of carbonyl (C=O) groups excluding carboxylic acids is 1. The molecule has 27 heavy (non-hydrogen) atoms. The third-order valence-corrected chi connectivity index (χ3v) is 5.35. The fourth-order valence-electron chi connectivity index (χ4n) is 2.77. The Hall–Kier alpha value is -1.93. The topological polar surface area (TPSA) is 106 Å². The third-order valence-electron chi connectivity index (χ3n) is 4.31. The van der Waals surface area contributed by atoms with Crippen LogP contribution in [0.2, 0.25) is 0 Å². The Kier molecular flexibility index (Phi) is 8.43. The maximum atomic E-state index is 13.0. The van der Waals surface area contributed by atoms with Crippen LogP contribution in [0.25, 0.3) is 0 Å². The summed E-state index contributed by atoms with van der Waals surface area (Å²) in [5.74, 6) is -0.240. The van der Waals surface area contributed by atoms with Crippen LogP contribution in [0.5, 0.6) is 0 Å². The van der Waals surface area contributed by atoms with Gasteiger partial charge < -0.3 is 10.6 Å². The normalized spacial score (nSPS) is 11.0. The number of nitrogens with zero attached hydrogens (tertiary/aromatic N) is 1. The molecule has 0 aliphatic rings. The van der Waals surface area contributed by atoms with E-state index in [9.17, 15) is 13.2 Å². The summed E-state index contributed by atoms with van der Waals surface area (Å²) in [7, 11) is -3.90. The van der Waals surface area contributed by atoms with Crippen molar-refractivity contribution in [3.63, 3.8) is 0 Å². The lowest BCUT2D eigenvalue weighted by atomic mass is 10.0. The molecule has 0 saturated heterocycles. The summed E-state index contributed by atoms with van der Waals surface area (Å²) in [5.41, 5.74) is 8.17. The van der Waals surface area contributed by atoms with Crippen molar-refractivity contribution in [1.82, 2.24) is 4.90 Å². The number of amides is 1. The zero-order chi connectivity index (χ0) is 19.3. The first-order valence-corrected chi connectivity index (χ1v) is 9.96. The standard InChI is InChI=1S/C19H25N3O3S.ClH/c1-14-11-17(12-18(15(14)2)26(21,24)25)19(23)22(10-6-9-20)13-16-7-4-3-5-8-16;/h3-5,7-8,11-12H,6,9-10,13,20H2,1-2H3,(H2,21,24,25);1H. The lowest BCUT2D eigenvalue weighted by molar-refractivity contribution is 0.0742. The van der Waals surface area contributed by atoms with Crippen molar-refractivity contribution in [1.29, 1.82) is 0 Å². The van der Waals surface area contributed by atoms with Crippen LogP contribution >= 0.6 is 12.4 Å². The number of aryl methyl sites for hydroxylation is 1. The Morgan fingerprint density at radius 2 is 1.74 bits per heavy atom. The predicted molar refractivity (Wildman–Crippen MR) is 109 cm³/mol. The summed E-state index contributed by atoms with van der Waals surface area (Å²) in [6.07, 6.45) is 0.658. The van der Waals surface area contributed by atoms with Gasteiger partial charge in [0.05, 0.1) is 4.90 Å². The molecule has 0 radical (unpaired) electrons. The Labute approximate surface area is 167 Å². The molecule has 2 aromatic carbocycles. The second-order valence-corrected chi connectivity index (χ2v) is 7.85. The molecule has 1 amide bonds. The Bertz CT molecular complexity index is 887. The van der Waals surface area contributed by atoms with Crippen molar-refractivity contribution >= 4 is 28.3 Å². The molecule has 0 aliphatic carbocycles. The van der Waals surface area contributed by atoms with E-state index in [4.69, 9.17) is 10.9 Å². The van der Waals surface area contributed by atoms with Gasteiger partial charge in [0, 0.05) is 18.7 Å². The van der Waals surface area contributed by atoms with Gasteiger partial charge >= 0.3 is 0 Å². The SMILES string of the molecule is Cc1cc(C(=O)N(CCCN)Cc2ccccc2)cc(S(N)(=O)=O)c1C.Cl. The first kappa shape index (κ1) is 23.1. The maximum absolute atomic E-state index is 13.0. The van der Waals surface area contributed by atoms with Crippen LogP contribution in [0, 0.1) is 13.8 Å². The highest BCUT2D eigenvalue weighted by Crippen LogP contribution is 2.22. The fourth-order valence-corrected chi connectivity index (χ4v) is 3.65. The van der Waals surface area contributed by atoms with Crippen LogP contribution in [0.3, 0.4) is 0 Å². The zero-order valence-electron chi connectivity index (χ0n) is 15.5. The lowest BCUT2D eigenvalue weighted by Crippen LogP contribution is -2.33. The second kappa shape index (κ2) is 9.85. The highest BCUT2D eigenvalue weighted by molar-refractivity contribution is 7.89. The minimum atomic E-state index is -3.90. The minimum absolute atomic E-state index is 0. The average Bonchev–Trinajstić information content (AvgIpc) is 2.60. The van der Waals surface area contributed by atoms with Gasteiger partial charge in [-0.05, 0) is 55.6 Å². The van der Waals surface area contributed by atoms with Crippen LogP contribution in [-0.4, -0.2) is 32.3 Å². The number of primary sulfonamides is 1. The van der Waals surface area contributed by atoms with Gasteiger partial charge in [-0.15, -0.1) is 12.4 Å². The van der Waals surface area contributed by atoms with Crippen LogP contribution in [-0.2, 0) is 16.6 Å². The number of rotatable bonds is 7. The molecule has 0 atom stereocenters. The summed E-state index contributed by atoms with van der Waals surface area (Å²) in [6, 6.07) is 12.7. The summed E-state index contributed by atoms with van der Waals surface area (Å²) >= 11 is 0. The monoisotopic (exact) mass is 411 g/mol. The van der Waals surface area contributed by atoms with Gasteiger partial charge in [-0.25, -0.2) is 13.6 Å². The number of hydrogen-bond donors (Lipinski definition) is 2. The van der Waals surface area contributed by atoms with Crippen molar-refractivity contribution in [3.8, 4) is 0 Å². The van der Waals surface area contributed by atoms with Gasteiger partial charge in [0.15, 0.2) is 0 Å². The second-order valence-electron chi connectivity index (χ2n) is 6.32. The predicted octanol–water partition coefficient (Wildman–Crippen LogP) is 2.36. The van der Waals surface area contributed by atoms with Crippen molar-refractivity contribution in [2.45, 2.75) is 31.7 Å². The van der Waals surface area contributed by atoms with Gasteiger partial charge in [-0.2, -0.15) is 0 Å². The van der Waals surface area contributed by atoms with E-state index in [0.717, 1.165) is 5.56 Å². The average molecular weight is 412 g/mol. The largest absolute Gasteiger partial charge is 0.334 e. The molecule has 2 rings (SSSR count). The molecule has 148 valence electrons. The van der Waals surface area contributed by atoms with E-state index in [0.29, 0.717) is 42.7 Å². The first-order valence-electron chi connectivity index (χ1n) is 8.41. The molecule has 6 nitrogen and oxygen atoms in total. The summed E-state index contributed by atoms with van der Waals surface area (Å²) in [6.45, 7) is 4.83. The van der Waals surface area contributed by atoms with Crippen LogP contribution in [0.4, 0.5) is 0 Å². The van der Waals surface area contributed by atoms with E-state index in [2.05, 4.69) is 0 Å². The molecule has 8 heteroatoms. The summed E-state index contributed by atoms with van der Waals surface area (Å²) < 4.78 is 23.7. The van der Waals surface area contributed by atoms with Crippen molar-refractivity contribution in [2.24, 2.45) is 10.9 Å². The highest BCUT2D eigenvalue weighted by atomic mass is 35.5. The number of sulfonamides is 1. The van der Waals surface area contributed by atoms with Crippen LogP contribution in [0.15, 0.2) is 47.4 Å². The van der Waals surface area contributed by atoms with Crippen molar-refractivity contribution in [3.05, 3.63) is 64.7 Å².